The van der Waals surface area contributed by atoms with E-state index in [2.05, 4.69) is 5.32 Å². The van der Waals surface area contributed by atoms with Gasteiger partial charge in [-0.05, 0) is 32.6 Å². The van der Waals surface area contributed by atoms with Crippen molar-refractivity contribution >= 4 is 6.09 Å². The Morgan fingerprint density at radius 1 is 1.05 bits per heavy atom. The van der Waals surface area contributed by atoms with Crippen LogP contribution in [-0.2, 0) is 4.74 Å². The van der Waals surface area contributed by atoms with E-state index in [0.29, 0.717) is 0 Å². The molecule has 0 aliphatic rings. The minimum Gasteiger partial charge on any atom is -0.444 e. The fourth-order valence-electron chi connectivity index (χ4n) is 1.82. The van der Waals surface area contributed by atoms with E-state index in [4.69, 9.17) is 4.74 Å². The summed E-state index contributed by atoms with van der Waals surface area (Å²) in [6.07, 6.45) is -1.71. The third-order valence-corrected chi connectivity index (χ3v) is 3.07. The predicted octanol–water partition coefficient (Wildman–Crippen LogP) is 2.30. The molecule has 3 N–H and O–H groups in total. The van der Waals surface area contributed by atoms with Gasteiger partial charge in [0.05, 0.1) is 18.2 Å². The number of rotatable bonds is 6. The van der Waals surface area contributed by atoms with Crippen LogP contribution < -0.4 is 5.32 Å². The summed E-state index contributed by atoms with van der Waals surface area (Å²) in [7, 11) is 0. The van der Waals surface area contributed by atoms with Gasteiger partial charge in [0.1, 0.15) is 5.60 Å². The van der Waals surface area contributed by atoms with E-state index in [1.165, 1.54) is 0 Å². The molecule has 20 heavy (non-hydrogen) atoms. The van der Waals surface area contributed by atoms with Crippen LogP contribution in [-0.4, -0.2) is 40.2 Å². The SMILES string of the molecule is CC(C)[C@@H](O)C[C@@H](O)[C@@H](NC(=O)OC(C)(C)C)C(C)C. The summed E-state index contributed by atoms with van der Waals surface area (Å²) >= 11 is 0. The summed E-state index contributed by atoms with van der Waals surface area (Å²) in [5.74, 6) is 0.107. The van der Waals surface area contributed by atoms with Gasteiger partial charge in [0.2, 0.25) is 0 Å². The number of amides is 1. The fourth-order valence-corrected chi connectivity index (χ4v) is 1.82. The van der Waals surface area contributed by atoms with Crippen LogP contribution in [0.1, 0.15) is 54.9 Å². The van der Waals surface area contributed by atoms with Crippen LogP contribution in [0.2, 0.25) is 0 Å². The lowest BCUT2D eigenvalue weighted by Gasteiger charge is -2.30. The highest BCUT2D eigenvalue weighted by Crippen LogP contribution is 2.16. The molecule has 0 heterocycles. The summed E-state index contributed by atoms with van der Waals surface area (Å²) in [6, 6.07) is -0.446. The number of hydrogen-bond acceptors (Lipinski definition) is 4. The summed E-state index contributed by atoms with van der Waals surface area (Å²) in [6.45, 7) is 13.0. The van der Waals surface area contributed by atoms with Gasteiger partial charge in [-0.2, -0.15) is 0 Å². The van der Waals surface area contributed by atoms with E-state index >= 15 is 0 Å². The normalized spacial score (nSPS) is 16.9. The third kappa shape index (κ3) is 7.70. The van der Waals surface area contributed by atoms with Gasteiger partial charge in [-0.25, -0.2) is 4.79 Å². The highest BCUT2D eigenvalue weighted by atomic mass is 16.6. The molecular weight excluding hydrogens is 258 g/mol. The molecule has 0 aromatic heterocycles. The first-order chi connectivity index (χ1) is 8.94. The van der Waals surface area contributed by atoms with Crippen molar-refractivity contribution in [2.45, 2.75) is 78.7 Å². The lowest BCUT2D eigenvalue weighted by Crippen LogP contribution is -2.49. The number of aliphatic hydroxyl groups is 2. The van der Waals surface area contributed by atoms with Crippen molar-refractivity contribution in [3.05, 3.63) is 0 Å². The third-order valence-electron chi connectivity index (χ3n) is 3.07. The smallest absolute Gasteiger partial charge is 0.407 e. The average molecular weight is 289 g/mol. The lowest BCUT2D eigenvalue weighted by molar-refractivity contribution is 0.0137. The molecule has 0 rings (SSSR count). The second-order valence-electron chi connectivity index (χ2n) is 7.03. The van der Waals surface area contributed by atoms with Crippen LogP contribution in [0, 0.1) is 11.8 Å². The van der Waals surface area contributed by atoms with Crippen molar-refractivity contribution in [1.29, 1.82) is 0 Å². The largest absolute Gasteiger partial charge is 0.444 e. The molecule has 0 bridgehead atoms. The van der Waals surface area contributed by atoms with Crippen molar-refractivity contribution in [3.63, 3.8) is 0 Å². The Morgan fingerprint density at radius 3 is 1.90 bits per heavy atom. The second-order valence-corrected chi connectivity index (χ2v) is 7.03. The maximum Gasteiger partial charge on any atom is 0.407 e. The Balaban J connectivity index is 4.61. The maximum atomic E-state index is 11.8. The predicted molar refractivity (Wildman–Crippen MR) is 79.5 cm³/mol. The number of hydrogen-bond donors (Lipinski definition) is 3. The van der Waals surface area contributed by atoms with Gasteiger partial charge in [-0.15, -0.1) is 0 Å². The zero-order chi connectivity index (χ0) is 16.1. The van der Waals surface area contributed by atoms with Gasteiger partial charge >= 0.3 is 6.09 Å². The molecule has 0 unspecified atom stereocenters. The van der Waals surface area contributed by atoms with Gasteiger partial charge in [-0.3, -0.25) is 0 Å². The molecule has 5 heteroatoms. The van der Waals surface area contributed by atoms with Crippen LogP contribution in [0.4, 0.5) is 4.79 Å². The van der Waals surface area contributed by atoms with Gasteiger partial charge in [0.15, 0.2) is 0 Å². The molecule has 0 aromatic carbocycles. The first-order valence-corrected chi connectivity index (χ1v) is 7.29. The quantitative estimate of drug-likeness (QED) is 0.701. The minimum atomic E-state index is -0.806. The molecule has 0 aliphatic heterocycles. The topological polar surface area (TPSA) is 78.8 Å². The summed E-state index contributed by atoms with van der Waals surface area (Å²) < 4.78 is 5.20. The van der Waals surface area contributed by atoms with Crippen LogP contribution in [0.3, 0.4) is 0 Å². The van der Waals surface area contributed by atoms with Gasteiger partial charge in [0, 0.05) is 6.42 Å². The van der Waals surface area contributed by atoms with Crippen molar-refractivity contribution in [2.75, 3.05) is 0 Å². The zero-order valence-corrected chi connectivity index (χ0v) is 13.8. The van der Waals surface area contributed by atoms with Crippen molar-refractivity contribution in [2.24, 2.45) is 11.8 Å². The standard InChI is InChI=1S/C15H31NO4/c1-9(2)11(17)8-12(18)13(10(3)4)16-14(19)20-15(5,6)7/h9-13,17-18H,8H2,1-7H3,(H,16,19)/t11-,12+,13-/m0/s1. The molecule has 3 atom stereocenters. The molecule has 0 fully saturated rings. The summed E-state index contributed by atoms with van der Waals surface area (Å²) in [5, 5.41) is 22.8. The Labute approximate surface area is 122 Å². The Bertz CT molecular complexity index is 297. The number of alkyl carbamates (subject to hydrolysis) is 1. The number of aliphatic hydroxyl groups excluding tert-OH is 2. The van der Waals surface area contributed by atoms with Crippen LogP contribution in [0.5, 0.6) is 0 Å². The molecule has 5 nitrogen and oxygen atoms in total. The zero-order valence-electron chi connectivity index (χ0n) is 13.8. The minimum absolute atomic E-state index is 0.0388. The molecule has 0 spiro atoms. The fraction of sp³-hybridized carbons (Fsp3) is 0.933. The maximum absolute atomic E-state index is 11.8. The van der Waals surface area contributed by atoms with Gasteiger partial charge < -0.3 is 20.3 Å². The van der Waals surface area contributed by atoms with E-state index in [-0.39, 0.29) is 18.3 Å². The van der Waals surface area contributed by atoms with Crippen LogP contribution in [0.15, 0.2) is 0 Å². The molecule has 120 valence electrons. The van der Waals surface area contributed by atoms with Gasteiger partial charge in [-0.1, -0.05) is 27.7 Å². The van der Waals surface area contributed by atoms with Gasteiger partial charge in [0.25, 0.3) is 0 Å². The Hall–Kier alpha value is -0.810. The molecular formula is C15H31NO4. The highest BCUT2D eigenvalue weighted by molar-refractivity contribution is 5.68. The second kappa shape index (κ2) is 7.84. The molecule has 0 saturated heterocycles. The van der Waals surface area contributed by atoms with E-state index in [1.807, 2.05) is 27.7 Å². The number of carbonyl (C=O) groups is 1. The first kappa shape index (κ1) is 19.2. The summed E-state index contributed by atoms with van der Waals surface area (Å²) in [4.78, 5) is 11.8. The van der Waals surface area contributed by atoms with Crippen molar-refractivity contribution in [3.8, 4) is 0 Å². The first-order valence-electron chi connectivity index (χ1n) is 7.29. The van der Waals surface area contributed by atoms with E-state index < -0.39 is 29.9 Å². The van der Waals surface area contributed by atoms with E-state index in [1.54, 1.807) is 20.8 Å². The monoisotopic (exact) mass is 289 g/mol. The number of nitrogens with one attached hydrogen (secondary N) is 1. The lowest BCUT2D eigenvalue weighted by atomic mass is 9.92. The van der Waals surface area contributed by atoms with E-state index in [0.717, 1.165) is 0 Å². The van der Waals surface area contributed by atoms with Crippen LogP contribution in [0.25, 0.3) is 0 Å². The van der Waals surface area contributed by atoms with Crippen molar-refractivity contribution in [1.82, 2.24) is 5.32 Å². The average Bonchev–Trinajstić information content (AvgIpc) is 2.22. The molecule has 0 radical (unpaired) electrons. The Kier molecular flexibility index (Phi) is 7.52. The molecule has 0 aliphatic carbocycles. The Morgan fingerprint density at radius 2 is 1.55 bits per heavy atom. The number of carbonyl (C=O) groups excluding carboxylic acids is 1. The molecule has 0 aromatic rings. The number of ether oxygens (including phenoxy) is 1. The van der Waals surface area contributed by atoms with Crippen molar-refractivity contribution < 1.29 is 19.7 Å². The van der Waals surface area contributed by atoms with E-state index in [9.17, 15) is 15.0 Å². The molecule has 0 saturated carbocycles. The highest BCUT2D eigenvalue weighted by Gasteiger charge is 2.29. The van der Waals surface area contributed by atoms with Crippen LogP contribution >= 0.6 is 0 Å². The summed E-state index contributed by atoms with van der Waals surface area (Å²) in [5.41, 5.74) is -0.575. The molecule has 1 amide bonds.